The number of carbonyl (C=O) groups excluding carboxylic acids is 1. The van der Waals surface area contributed by atoms with Gasteiger partial charge in [-0.25, -0.2) is 12.8 Å². The van der Waals surface area contributed by atoms with Crippen molar-refractivity contribution in [2.75, 3.05) is 18.6 Å². The first-order chi connectivity index (χ1) is 9.75. The smallest absolute Gasteiger partial charge is 0.306 e. The van der Waals surface area contributed by atoms with E-state index in [1.165, 1.54) is 19.2 Å². The molecule has 1 aliphatic rings. The molecular formula is C14H18FNO4S. The molecule has 0 unspecified atom stereocenters. The van der Waals surface area contributed by atoms with Crippen molar-refractivity contribution < 1.29 is 22.3 Å². The molecule has 1 saturated carbocycles. The molecule has 116 valence electrons. The molecule has 1 aliphatic carbocycles. The van der Waals surface area contributed by atoms with Gasteiger partial charge in [0.2, 0.25) is 0 Å². The molecule has 0 heterocycles. The second-order valence-electron chi connectivity index (χ2n) is 5.64. The van der Waals surface area contributed by atoms with Crippen molar-refractivity contribution in [2.24, 2.45) is 5.41 Å². The van der Waals surface area contributed by atoms with Crippen LogP contribution in [0.4, 0.5) is 10.1 Å². The van der Waals surface area contributed by atoms with Gasteiger partial charge in [-0.3, -0.25) is 4.79 Å². The average molecular weight is 315 g/mol. The Hall–Kier alpha value is -1.63. The van der Waals surface area contributed by atoms with E-state index in [1.807, 2.05) is 0 Å². The Morgan fingerprint density at radius 1 is 1.43 bits per heavy atom. The van der Waals surface area contributed by atoms with Crippen LogP contribution in [0.25, 0.3) is 0 Å². The van der Waals surface area contributed by atoms with Crippen molar-refractivity contribution in [1.29, 1.82) is 0 Å². The summed E-state index contributed by atoms with van der Waals surface area (Å²) in [5.74, 6) is -1.37. The number of hydrogen-bond acceptors (Lipinski definition) is 5. The number of nitrogens with two attached hydrogens (primary N) is 1. The summed E-state index contributed by atoms with van der Waals surface area (Å²) < 4.78 is 42.4. The maximum absolute atomic E-state index is 13.3. The van der Waals surface area contributed by atoms with E-state index in [-0.39, 0.29) is 23.6 Å². The van der Waals surface area contributed by atoms with E-state index in [0.29, 0.717) is 18.4 Å². The Balaban J connectivity index is 2.05. The Labute approximate surface area is 123 Å². The molecule has 0 amide bonds. The molecule has 1 fully saturated rings. The third-order valence-electron chi connectivity index (χ3n) is 3.68. The topological polar surface area (TPSA) is 86.5 Å². The minimum absolute atomic E-state index is 0.0134. The van der Waals surface area contributed by atoms with Gasteiger partial charge in [-0.05, 0) is 36.0 Å². The van der Waals surface area contributed by atoms with Gasteiger partial charge >= 0.3 is 5.97 Å². The van der Waals surface area contributed by atoms with Crippen LogP contribution in [-0.2, 0) is 25.1 Å². The molecule has 1 aromatic rings. The summed E-state index contributed by atoms with van der Waals surface area (Å²) in [4.78, 5) is 11.3. The van der Waals surface area contributed by atoms with E-state index < -0.39 is 27.0 Å². The average Bonchev–Trinajstić information content (AvgIpc) is 3.11. The number of anilines is 1. The molecule has 0 aliphatic heterocycles. The second-order valence-corrected chi connectivity index (χ2v) is 7.71. The van der Waals surface area contributed by atoms with Gasteiger partial charge < -0.3 is 10.5 Å². The largest absolute Gasteiger partial charge is 0.469 e. The van der Waals surface area contributed by atoms with E-state index in [0.717, 1.165) is 6.07 Å². The molecule has 0 bridgehead atoms. The lowest BCUT2D eigenvalue weighted by atomic mass is 10.1. The van der Waals surface area contributed by atoms with Crippen LogP contribution in [-0.4, -0.2) is 27.2 Å². The lowest BCUT2D eigenvalue weighted by Gasteiger charge is -2.14. The highest BCUT2D eigenvalue weighted by atomic mass is 32.2. The summed E-state index contributed by atoms with van der Waals surface area (Å²) in [7, 11) is -2.15. The quantitative estimate of drug-likeness (QED) is 0.637. The number of hydrogen-bond donors (Lipinski definition) is 1. The van der Waals surface area contributed by atoms with Gasteiger partial charge in [0.1, 0.15) is 5.82 Å². The minimum Gasteiger partial charge on any atom is -0.469 e. The number of nitrogen functional groups attached to an aromatic ring is 1. The van der Waals surface area contributed by atoms with E-state index in [2.05, 4.69) is 4.74 Å². The fourth-order valence-corrected chi connectivity index (χ4v) is 4.47. The van der Waals surface area contributed by atoms with E-state index in [9.17, 15) is 17.6 Å². The maximum Gasteiger partial charge on any atom is 0.306 e. The first-order valence-electron chi connectivity index (χ1n) is 6.56. The number of methoxy groups -OCH3 is 1. The van der Waals surface area contributed by atoms with Crippen LogP contribution in [0.2, 0.25) is 0 Å². The normalized spacial score (nSPS) is 16.5. The van der Waals surface area contributed by atoms with Gasteiger partial charge in [-0.1, -0.05) is 6.07 Å². The zero-order chi connectivity index (χ0) is 15.7. The summed E-state index contributed by atoms with van der Waals surface area (Å²) in [5, 5.41) is 0. The predicted octanol–water partition coefficient (Wildman–Crippen LogP) is 1.67. The Morgan fingerprint density at radius 3 is 2.62 bits per heavy atom. The van der Waals surface area contributed by atoms with Gasteiger partial charge in [-0.15, -0.1) is 0 Å². The zero-order valence-corrected chi connectivity index (χ0v) is 12.6. The van der Waals surface area contributed by atoms with Crippen LogP contribution in [0.5, 0.6) is 0 Å². The molecule has 21 heavy (non-hydrogen) atoms. The summed E-state index contributed by atoms with van der Waals surface area (Å²) >= 11 is 0. The molecule has 0 radical (unpaired) electrons. The highest BCUT2D eigenvalue weighted by Gasteiger charge is 2.47. The molecule has 0 spiro atoms. The monoisotopic (exact) mass is 315 g/mol. The van der Waals surface area contributed by atoms with Crippen LogP contribution in [0.3, 0.4) is 0 Å². The number of esters is 1. The Bertz CT molecular complexity index is 653. The lowest BCUT2D eigenvalue weighted by Crippen LogP contribution is -2.22. The van der Waals surface area contributed by atoms with Crippen LogP contribution < -0.4 is 5.73 Å². The van der Waals surface area contributed by atoms with Crippen LogP contribution in [0.1, 0.15) is 24.8 Å². The zero-order valence-electron chi connectivity index (χ0n) is 11.8. The summed E-state index contributed by atoms with van der Waals surface area (Å²) in [6.07, 6.45) is 1.49. The van der Waals surface area contributed by atoms with Crippen LogP contribution >= 0.6 is 0 Å². The van der Waals surface area contributed by atoms with Crippen molar-refractivity contribution in [3.05, 3.63) is 29.6 Å². The van der Waals surface area contributed by atoms with Gasteiger partial charge in [0.05, 0.1) is 30.7 Å². The molecule has 5 nitrogen and oxygen atoms in total. The second kappa shape index (κ2) is 5.63. The van der Waals surface area contributed by atoms with Gasteiger partial charge in [-0.2, -0.15) is 0 Å². The molecule has 7 heteroatoms. The van der Waals surface area contributed by atoms with Crippen LogP contribution in [0.15, 0.2) is 18.2 Å². The number of ether oxygens (including phenoxy) is 1. The summed E-state index contributed by atoms with van der Waals surface area (Å²) in [6, 6.07) is 3.98. The van der Waals surface area contributed by atoms with Crippen molar-refractivity contribution in [3.63, 3.8) is 0 Å². The number of halogens is 1. The van der Waals surface area contributed by atoms with E-state index in [1.54, 1.807) is 0 Å². The first-order valence-corrected chi connectivity index (χ1v) is 8.39. The van der Waals surface area contributed by atoms with Gasteiger partial charge in [0.15, 0.2) is 9.84 Å². The maximum atomic E-state index is 13.3. The molecule has 0 atom stereocenters. The molecule has 2 rings (SSSR count). The molecule has 0 saturated heterocycles. The number of carbonyl (C=O) groups is 1. The van der Waals surface area contributed by atoms with E-state index in [4.69, 9.17) is 5.73 Å². The van der Waals surface area contributed by atoms with E-state index >= 15 is 0 Å². The van der Waals surface area contributed by atoms with Gasteiger partial charge in [0.25, 0.3) is 0 Å². The van der Waals surface area contributed by atoms with Crippen molar-refractivity contribution in [3.8, 4) is 0 Å². The van der Waals surface area contributed by atoms with Gasteiger partial charge in [0, 0.05) is 0 Å². The van der Waals surface area contributed by atoms with Crippen molar-refractivity contribution in [1.82, 2.24) is 0 Å². The first kappa shape index (κ1) is 15.8. The highest BCUT2D eigenvalue weighted by molar-refractivity contribution is 7.90. The van der Waals surface area contributed by atoms with Crippen LogP contribution in [0, 0.1) is 11.2 Å². The Kier molecular flexibility index (Phi) is 4.22. The predicted molar refractivity (Wildman–Crippen MR) is 76.6 cm³/mol. The molecule has 2 N–H and O–H groups in total. The third kappa shape index (κ3) is 4.17. The standard InChI is InChI=1S/C14H18FNO4S/c1-20-13(17)7-14(4-5-14)9-21(18,19)8-10-2-3-12(16)11(15)6-10/h2-3,6H,4-5,7-9,16H2,1H3. The molecular weight excluding hydrogens is 297 g/mol. The Morgan fingerprint density at radius 2 is 2.10 bits per heavy atom. The highest BCUT2D eigenvalue weighted by Crippen LogP contribution is 2.50. The lowest BCUT2D eigenvalue weighted by molar-refractivity contribution is -0.141. The van der Waals surface area contributed by atoms with Crippen molar-refractivity contribution >= 4 is 21.5 Å². The molecule has 0 aromatic heterocycles. The number of benzene rings is 1. The fraction of sp³-hybridized carbons (Fsp3) is 0.500. The number of rotatable bonds is 6. The molecule has 1 aromatic carbocycles. The van der Waals surface area contributed by atoms with Crippen molar-refractivity contribution in [2.45, 2.75) is 25.0 Å². The third-order valence-corrected chi connectivity index (χ3v) is 5.51. The SMILES string of the molecule is COC(=O)CC1(CS(=O)(=O)Cc2ccc(N)c(F)c2)CC1. The minimum atomic E-state index is -3.43. The fourth-order valence-electron chi connectivity index (χ4n) is 2.36. The summed E-state index contributed by atoms with van der Waals surface area (Å²) in [6.45, 7) is 0. The number of sulfone groups is 1. The summed E-state index contributed by atoms with van der Waals surface area (Å²) in [5.41, 5.74) is 5.20.